The van der Waals surface area contributed by atoms with E-state index in [-0.39, 0.29) is 0 Å². The van der Waals surface area contributed by atoms with Crippen LogP contribution in [-0.2, 0) is 4.79 Å². The minimum absolute atomic E-state index is 0.309. The van der Waals surface area contributed by atoms with E-state index in [1.807, 2.05) is 0 Å². The number of rotatable bonds is 3. The summed E-state index contributed by atoms with van der Waals surface area (Å²) in [5.74, 6) is 2.35. The summed E-state index contributed by atoms with van der Waals surface area (Å²) in [5.41, 5.74) is 0. The van der Waals surface area contributed by atoms with Gasteiger partial charge in [-0.2, -0.15) is 0 Å². The molecule has 0 saturated heterocycles. The fourth-order valence-corrected chi connectivity index (χ4v) is 2.27. The van der Waals surface area contributed by atoms with Crippen molar-refractivity contribution in [3.8, 4) is 0 Å². The fourth-order valence-electron chi connectivity index (χ4n) is 2.27. The second-order valence-electron chi connectivity index (χ2n) is 5.15. The van der Waals surface area contributed by atoms with Gasteiger partial charge in [-0.3, -0.25) is 4.79 Å². The van der Waals surface area contributed by atoms with Crippen molar-refractivity contribution in [2.24, 2.45) is 17.8 Å². The summed E-state index contributed by atoms with van der Waals surface area (Å²) >= 11 is 0. The first-order valence-corrected chi connectivity index (χ1v) is 6.03. The van der Waals surface area contributed by atoms with Gasteiger partial charge in [-0.1, -0.05) is 19.8 Å². The van der Waals surface area contributed by atoms with Crippen molar-refractivity contribution in [2.75, 3.05) is 6.54 Å². The topological polar surface area (TPSA) is 29.1 Å². The van der Waals surface area contributed by atoms with Crippen LogP contribution >= 0.6 is 0 Å². The first-order chi connectivity index (χ1) is 6.75. The van der Waals surface area contributed by atoms with Crippen molar-refractivity contribution in [3.05, 3.63) is 0 Å². The van der Waals surface area contributed by atoms with Gasteiger partial charge in [-0.25, -0.2) is 0 Å². The molecule has 2 saturated carbocycles. The van der Waals surface area contributed by atoms with Crippen LogP contribution in [0, 0.1) is 17.8 Å². The molecule has 2 heteroatoms. The van der Waals surface area contributed by atoms with Crippen LogP contribution < -0.4 is 5.32 Å². The lowest BCUT2D eigenvalue weighted by atomic mass is 9.83. The standard InChI is InChI=1S/C12H21NO/c1-9-2-4-10(5-3-9)8-13-12(14)11-6-7-11/h9-11H,2-8H2,1H3,(H,13,14). The van der Waals surface area contributed by atoms with Crippen molar-refractivity contribution in [3.63, 3.8) is 0 Å². The summed E-state index contributed by atoms with van der Waals surface area (Å²) in [6.45, 7) is 3.26. The molecule has 0 unspecified atom stereocenters. The lowest BCUT2D eigenvalue weighted by Crippen LogP contribution is -2.31. The molecule has 0 radical (unpaired) electrons. The highest BCUT2D eigenvalue weighted by molar-refractivity contribution is 5.80. The SMILES string of the molecule is CC1CCC(CNC(=O)C2CC2)CC1. The summed E-state index contributed by atoms with van der Waals surface area (Å²) in [4.78, 5) is 11.4. The molecule has 2 aliphatic carbocycles. The van der Waals surface area contributed by atoms with Gasteiger partial charge in [0.2, 0.25) is 5.91 Å². The molecule has 0 aliphatic heterocycles. The first-order valence-electron chi connectivity index (χ1n) is 6.03. The molecular weight excluding hydrogens is 174 g/mol. The largest absolute Gasteiger partial charge is 0.356 e. The Morgan fingerprint density at radius 1 is 1.14 bits per heavy atom. The maximum atomic E-state index is 11.4. The molecule has 0 bridgehead atoms. The predicted molar refractivity (Wildman–Crippen MR) is 56.9 cm³/mol. The highest BCUT2D eigenvalue weighted by Gasteiger charge is 2.29. The van der Waals surface area contributed by atoms with Gasteiger partial charge in [-0.05, 0) is 37.5 Å². The Bertz CT molecular complexity index is 202. The van der Waals surface area contributed by atoms with E-state index in [0.717, 1.165) is 31.2 Å². The second kappa shape index (κ2) is 4.33. The zero-order chi connectivity index (χ0) is 9.97. The smallest absolute Gasteiger partial charge is 0.223 e. The molecular formula is C12H21NO. The lowest BCUT2D eigenvalue weighted by Gasteiger charge is -2.26. The van der Waals surface area contributed by atoms with Crippen molar-refractivity contribution < 1.29 is 4.79 Å². The summed E-state index contributed by atoms with van der Waals surface area (Å²) in [6.07, 6.45) is 7.56. The molecule has 2 aliphatic rings. The Kier molecular flexibility index (Phi) is 3.09. The van der Waals surface area contributed by atoms with E-state index in [1.165, 1.54) is 25.7 Å². The zero-order valence-electron chi connectivity index (χ0n) is 9.09. The molecule has 0 aromatic heterocycles. The number of nitrogens with one attached hydrogen (secondary N) is 1. The Hall–Kier alpha value is -0.530. The Balaban J connectivity index is 1.62. The van der Waals surface area contributed by atoms with Crippen LogP contribution in [0.1, 0.15) is 45.4 Å². The lowest BCUT2D eigenvalue weighted by molar-refractivity contribution is -0.122. The van der Waals surface area contributed by atoms with Gasteiger partial charge in [0.15, 0.2) is 0 Å². The molecule has 0 aromatic carbocycles. The predicted octanol–water partition coefficient (Wildman–Crippen LogP) is 2.34. The van der Waals surface area contributed by atoms with E-state index in [0.29, 0.717) is 11.8 Å². The number of hydrogen-bond acceptors (Lipinski definition) is 1. The summed E-state index contributed by atoms with van der Waals surface area (Å²) in [6, 6.07) is 0. The van der Waals surface area contributed by atoms with Gasteiger partial charge in [-0.15, -0.1) is 0 Å². The monoisotopic (exact) mass is 195 g/mol. The van der Waals surface area contributed by atoms with E-state index in [4.69, 9.17) is 0 Å². The minimum Gasteiger partial charge on any atom is -0.356 e. The number of amides is 1. The van der Waals surface area contributed by atoms with Crippen molar-refractivity contribution in [2.45, 2.75) is 45.4 Å². The van der Waals surface area contributed by atoms with Crippen LogP contribution in [0.2, 0.25) is 0 Å². The second-order valence-corrected chi connectivity index (χ2v) is 5.15. The average molecular weight is 195 g/mol. The average Bonchev–Trinajstić information content (AvgIpc) is 3.00. The van der Waals surface area contributed by atoms with Crippen LogP contribution in [0.15, 0.2) is 0 Å². The van der Waals surface area contributed by atoms with Crippen LogP contribution in [0.25, 0.3) is 0 Å². The fraction of sp³-hybridized carbons (Fsp3) is 0.917. The highest BCUT2D eigenvalue weighted by atomic mass is 16.2. The molecule has 2 nitrogen and oxygen atoms in total. The third-order valence-corrected chi connectivity index (χ3v) is 3.65. The molecule has 14 heavy (non-hydrogen) atoms. The Morgan fingerprint density at radius 3 is 2.36 bits per heavy atom. The molecule has 0 atom stereocenters. The maximum Gasteiger partial charge on any atom is 0.223 e. The van der Waals surface area contributed by atoms with Crippen molar-refractivity contribution in [1.29, 1.82) is 0 Å². The Labute approximate surface area is 86.5 Å². The van der Waals surface area contributed by atoms with Crippen molar-refractivity contribution >= 4 is 5.91 Å². The molecule has 2 fully saturated rings. The third-order valence-electron chi connectivity index (χ3n) is 3.65. The first kappa shape index (κ1) is 10.0. The van der Waals surface area contributed by atoms with E-state index in [2.05, 4.69) is 12.2 Å². The molecule has 0 aromatic rings. The minimum atomic E-state index is 0.309. The number of carbonyl (C=O) groups is 1. The highest BCUT2D eigenvalue weighted by Crippen LogP contribution is 2.30. The normalized spacial score (nSPS) is 32.6. The van der Waals surface area contributed by atoms with Crippen LogP contribution in [0.3, 0.4) is 0 Å². The van der Waals surface area contributed by atoms with Crippen LogP contribution in [0.5, 0.6) is 0 Å². The van der Waals surface area contributed by atoms with E-state index < -0.39 is 0 Å². The van der Waals surface area contributed by atoms with E-state index >= 15 is 0 Å². The third kappa shape index (κ3) is 2.73. The molecule has 1 amide bonds. The van der Waals surface area contributed by atoms with Crippen LogP contribution in [0.4, 0.5) is 0 Å². The number of hydrogen-bond donors (Lipinski definition) is 1. The molecule has 0 spiro atoms. The summed E-state index contributed by atoms with van der Waals surface area (Å²) < 4.78 is 0. The van der Waals surface area contributed by atoms with Crippen LogP contribution in [-0.4, -0.2) is 12.5 Å². The zero-order valence-corrected chi connectivity index (χ0v) is 9.09. The van der Waals surface area contributed by atoms with Gasteiger partial charge < -0.3 is 5.32 Å². The van der Waals surface area contributed by atoms with Gasteiger partial charge >= 0.3 is 0 Å². The van der Waals surface area contributed by atoms with Crippen molar-refractivity contribution in [1.82, 2.24) is 5.32 Å². The summed E-state index contributed by atoms with van der Waals surface area (Å²) in [5, 5.41) is 3.09. The van der Waals surface area contributed by atoms with Gasteiger partial charge in [0.05, 0.1) is 0 Å². The molecule has 0 heterocycles. The van der Waals surface area contributed by atoms with Gasteiger partial charge in [0.1, 0.15) is 0 Å². The molecule has 80 valence electrons. The van der Waals surface area contributed by atoms with Gasteiger partial charge in [0, 0.05) is 12.5 Å². The maximum absolute atomic E-state index is 11.4. The van der Waals surface area contributed by atoms with Gasteiger partial charge in [0.25, 0.3) is 0 Å². The molecule has 1 N–H and O–H groups in total. The van der Waals surface area contributed by atoms with E-state index in [1.54, 1.807) is 0 Å². The summed E-state index contributed by atoms with van der Waals surface area (Å²) in [7, 11) is 0. The Morgan fingerprint density at radius 2 is 1.79 bits per heavy atom. The quantitative estimate of drug-likeness (QED) is 0.736. The molecule has 2 rings (SSSR count). The number of carbonyl (C=O) groups excluding carboxylic acids is 1. The van der Waals surface area contributed by atoms with E-state index in [9.17, 15) is 4.79 Å².